The third kappa shape index (κ3) is 3.03. The second-order valence-corrected chi connectivity index (χ2v) is 8.85. The number of nitro groups is 1. The quantitative estimate of drug-likeness (QED) is 0.250. The van der Waals surface area contributed by atoms with Crippen LogP contribution in [0.2, 0.25) is 0 Å². The molecule has 3 heterocycles. The molecule has 0 spiro atoms. The van der Waals surface area contributed by atoms with E-state index >= 15 is 0 Å². The number of hydrogen-bond acceptors (Lipinski definition) is 6. The lowest BCUT2D eigenvalue weighted by molar-refractivity contribution is -0.384. The maximum Gasteiger partial charge on any atom is 0.269 e. The van der Waals surface area contributed by atoms with Crippen molar-refractivity contribution >= 4 is 35.0 Å². The molecule has 172 valence electrons. The molecule has 0 N–H and O–H groups in total. The number of non-ortho nitro benzene ring substituents is 1. The molecule has 0 bridgehead atoms. The number of hydrogen-bond donors (Lipinski definition) is 0. The molecule has 2 fully saturated rings. The molecule has 0 unspecified atom stereocenters. The van der Waals surface area contributed by atoms with E-state index in [1.165, 1.54) is 24.3 Å². The molecule has 0 aromatic heterocycles. The van der Waals surface area contributed by atoms with Crippen LogP contribution in [-0.2, 0) is 9.59 Å². The van der Waals surface area contributed by atoms with Gasteiger partial charge in [-0.15, -0.1) is 0 Å². The van der Waals surface area contributed by atoms with E-state index in [9.17, 15) is 24.5 Å². The summed E-state index contributed by atoms with van der Waals surface area (Å²) in [5, 5.41) is 11.1. The Morgan fingerprint density at radius 2 is 1.49 bits per heavy atom. The van der Waals surface area contributed by atoms with Crippen LogP contribution in [0.5, 0.6) is 0 Å². The summed E-state index contributed by atoms with van der Waals surface area (Å²) >= 11 is 0. The van der Waals surface area contributed by atoms with Crippen LogP contribution in [0.25, 0.3) is 6.08 Å². The number of imide groups is 1. The Labute approximate surface area is 200 Å². The van der Waals surface area contributed by atoms with Gasteiger partial charge in [0.1, 0.15) is 6.04 Å². The van der Waals surface area contributed by atoms with Crippen molar-refractivity contribution in [1.82, 2.24) is 4.90 Å². The number of nitrogens with zero attached hydrogens (tertiary/aromatic N) is 3. The number of anilines is 1. The van der Waals surface area contributed by atoms with E-state index in [0.29, 0.717) is 5.56 Å². The second-order valence-electron chi connectivity index (χ2n) is 8.85. The number of fused-ring (bicyclic) bond motifs is 5. The topological polar surface area (TPSA) is 101 Å². The molecule has 35 heavy (non-hydrogen) atoms. The number of Topliss-reactive ketones (excluding diaryl/α,β-unsaturated/α-hetero) is 1. The fourth-order valence-corrected chi connectivity index (χ4v) is 5.61. The van der Waals surface area contributed by atoms with Crippen molar-refractivity contribution in [3.8, 4) is 0 Å². The van der Waals surface area contributed by atoms with Crippen LogP contribution in [0.1, 0.15) is 27.5 Å². The highest BCUT2D eigenvalue weighted by Gasteiger charge is 2.64. The first-order valence-corrected chi connectivity index (χ1v) is 11.2. The fraction of sp³-hybridized carbons (Fsp3) is 0.148. The van der Waals surface area contributed by atoms with Gasteiger partial charge < -0.3 is 4.90 Å². The summed E-state index contributed by atoms with van der Waals surface area (Å²) in [7, 11) is 0. The van der Waals surface area contributed by atoms with Crippen LogP contribution in [0, 0.1) is 22.0 Å². The number of amides is 2. The Balaban J connectivity index is 1.47. The molecular formula is C27H19N3O5. The third-order valence-corrected chi connectivity index (χ3v) is 7.11. The maximum absolute atomic E-state index is 13.8. The molecule has 0 radical (unpaired) electrons. The van der Waals surface area contributed by atoms with Crippen LogP contribution < -0.4 is 4.90 Å². The summed E-state index contributed by atoms with van der Waals surface area (Å²) in [6.07, 6.45) is 3.72. The van der Waals surface area contributed by atoms with Crippen molar-refractivity contribution in [2.24, 2.45) is 11.8 Å². The zero-order valence-electron chi connectivity index (χ0n) is 18.4. The van der Waals surface area contributed by atoms with Crippen molar-refractivity contribution in [2.45, 2.75) is 12.1 Å². The molecule has 4 atom stereocenters. The summed E-state index contributed by atoms with van der Waals surface area (Å²) in [5.74, 6) is -2.74. The minimum Gasteiger partial charge on any atom is -0.358 e. The predicted molar refractivity (Wildman–Crippen MR) is 127 cm³/mol. The molecule has 3 aromatic carbocycles. The van der Waals surface area contributed by atoms with Crippen LogP contribution in [-0.4, -0.2) is 33.5 Å². The molecule has 3 aromatic rings. The lowest BCUT2D eigenvalue weighted by Gasteiger charge is -2.35. The van der Waals surface area contributed by atoms with E-state index in [1.807, 2.05) is 47.5 Å². The average molecular weight is 465 g/mol. The van der Waals surface area contributed by atoms with Crippen LogP contribution in [0.3, 0.4) is 0 Å². The summed E-state index contributed by atoms with van der Waals surface area (Å²) in [5.41, 5.74) is 2.42. The Morgan fingerprint density at radius 3 is 2.20 bits per heavy atom. The fourth-order valence-electron chi connectivity index (χ4n) is 5.61. The maximum atomic E-state index is 13.8. The minimum atomic E-state index is -0.883. The van der Waals surface area contributed by atoms with E-state index < -0.39 is 40.7 Å². The van der Waals surface area contributed by atoms with Gasteiger partial charge >= 0.3 is 0 Å². The molecule has 0 aliphatic carbocycles. The van der Waals surface area contributed by atoms with E-state index in [2.05, 4.69) is 0 Å². The minimum absolute atomic E-state index is 0.136. The first-order chi connectivity index (χ1) is 17.0. The molecule has 3 aliphatic heterocycles. The molecule has 8 nitrogen and oxygen atoms in total. The Hall–Kier alpha value is -4.59. The molecule has 3 aliphatic rings. The lowest BCUT2D eigenvalue weighted by atomic mass is 9.83. The van der Waals surface area contributed by atoms with E-state index in [0.717, 1.165) is 16.0 Å². The first kappa shape index (κ1) is 21.0. The van der Waals surface area contributed by atoms with E-state index in [-0.39, 0.29) is 17.2 Å². The van der Waals surface area contributed by atoms with Gasteiger partial charge in [0.05, 0.1) is 28.5 Å². The van der Waals surface area contributed by atoms with Gasteiger partial charge in [-0.3, -0.25) is 24.5 Å². The zero-order chi connectivity index (χ0) is 24.3. The van der Waals surface area contributed by atoms with Gasteiger partial charge in [-0.1, -0.05) is 54.6 Å². The number of carbonyl (C=O) groups excluding carboxylic acids is 3. The van der Waals surface area contributed by atoms with Gasteiger partial charge in [0.2, 0.25) is 11.8 Å². The largest absolute Gasteiger partial charge is 0.358 e. The number of carbonyl (C=O) groups is 3. The van der Waals surface area contributed by atoms with Crippen molar-refractivity contribution in [3.63, 3.8) is 0 Å². The number of rotatable bonds is 4. The standard InChI is InChI=1S/C27H19N3O5/c31-25(17-7-2-1-3-8-17)24-22-21(23-20-9-5-4-6-16(20)14-15-28(23)24)26(32)29(27(22)33)18-10-12-19(13-11-18)30(34)35/h1-15,21-24H/t21-,22-,23+,24+/m0/s1. The van der Waals surface area contributed by atoms with Gasteiger partial charge in [0.25, 0.3) is 5.69 Å². The Kier molecular flexibility index (Phi) is 4.63. The van der Waals surface area contributed by atoms with E-state index in [4.69, 9.17) is 0 Å². The highest BCUT2D eigenvalue weighted by molar-refractivity contribution is 6.24. The number of nitro benzene ring substituents is 1. The summed E-state index contributed by atoms with van der Waals surface area (Å²) < 4.78 is 0. The predicted octanol–water partition coefficient (Wildman–Crippen LogP) is 3.99. The number of benzene rings is 3. The highest BCUT2D eigenvalue weighted by atomic mass is 16.6. The first-order valence-electron chi connectivity index (χ1n) is 11.2. The Morgan fingerprint density at radius 1 is 0.829 bits per heavy atom. The normalized spacial score (nSPS) is 24.2. The van der Waals surface area contributed by atoms with Gasteiger partial charge in [0, 0.05) is 23.9 Å². The average Bonchev–Trinajstić information content (AvgIpc) is 3.36. The van der Waals surface area contributed by atoms with Gasteiger partial charge in [-0.05, 0) is 29.3 Å². The van der Waals surface area contributed by atoms with Gasteiger partial charge in [-0.25, -0.2) is 4.90 Å². The van der Waals surface area contributed by atoms with E-state index in [1.54, 1.807) is 24.3 Å². The van der Waals surface area contributed by atoms with Crippen LogP contribution >= 0.6 is 0 Å². The third-order valence-electron chi connectivity index (χ3n) is 7.11. The summed E-state index contributed by atoms with van der Waals surface area (Å²) in [6.45, 7) is 0. The van der Waals surface area contributed by atoms with Gasteiger partial charge in [0.15, 0.2) is 5.78 Å². The molecule has 6 rings (SSSR count). The molecular weight excluding hydrogens is 446 g/mol. The molecule has 0 saturated carbocycles. The molecule has 2 saturated heterocycles. The molecule has 2 amide bonds. The Bertz CT molecular complexity index is 1420. The second kappa shape index (κ2) is 7.73. The van der Waals surface area contributed by atoms with Crippen molar-refractivity contribution in [3.05, 3.63) is 112 Å². The zero-order valence-corrected chi connectivity index (χ0v) is 18.4. The van der Waals surface area contributed by atoms with Crippen molar-refractivity contribution in [2.75, 3.05) is 4.90 Å². The number of ketones is 1. The van der Waals surface area contributed by atoms with Crippen LogP contribution in [0.4, 0.5) is 11.4 Å². The van der Waals surface area contributed by atoms with Crippen molar-refractivity contribution in [1.29, 1.82) is 0 Å². The van der Waals surface area contributed by atoms with Crippen LogP contribution in [0.15, 0.2) is 85.1 Å². The summed E-state index contributed by atoms with van der Waals surface area (Å²) in [6, 6.07) is 20.4. The summed E-state index contributed by atoms with van der Waals surface area (Å²) in [4.78, 5) is 54.8. The smallest absolute Gasteiger partial charge is 0.269 e. The van der Waals surface area contributed by atoms with Crippen molar-refractivity contribution < 1.29 is 19.3 Å². The molecule has 8 heteroatoms. The monoisotopic (exact) mass is 465 g/mol. The van der Waals surface area contributed by atoms with Gasteiger partial charge in [-0.2, -0.15) is 0 Å². The SMILES string of the molecule is O=C(c1ccccc1)[C@H]1[C@H]2C(=O)N(c3ccc([N+](=O)[O-])cc3)C(=O)[C@@H]2[C@H]2c3ccccc3C=CN21. The highest BCUT2D eigenvalue weighted by Crippen LogP contribution is 2.53. The lowest BCUT2D eigenvalue weighted by Crippen LogP contribution is -2.44.